The third-order valence-corrected chi connectivity index (χ3v) is 8.04. The fourth-order valence-electron chi connectivity index (χ4n) is 6.39. The van der Waals surface area contributed by atoms with Crippen LogP contribution in [0.1, 0.15) is 29.5 Å². The van der Waals surface area contributed by atoms with Crippen molar-refractivity contribution in [2.24, 2.45) is 11.8 Å². The number of hydrogen-bond acceptors (Lipinski definition) is 4. The summed E-state index contributed by atoms with van der Waals surface area (Å²) in [7, 11) is 0. The standard InChI is InChI=1S/C24H22ClN3O3/c1-12-8-9-16-14(11-12)24(23(31)26-16)20-19(18-7-4-10-27(18)24)21(29)28(22(20)30)17-6-3-5-15(25)13(17)2/h3,5-6,8-9,11,18-20H,4,7,10H2,1-2H3,(H,26,31)/t18-,19-,20-,24+/m0/s1. The third kappa shape index (κ3) is 2.14. The van der Waals surface area contributed by atoms with Crippen molar-refractivity contribution in [1.29, 1.82) is 0 Å². The van der Waals surface area contributed by atoms with Gasteiger partial charge >= 0.3 is 0 Å². The highest BCUT2D eigenvalue weighted by atomic mass is 35.5. The van der Waals surface area contributed by atoms with Crippen molar-refractivity contribution in [3.63, 3.8) is 0 Å². The van der Waals surface area contributed by atoms with E-state index in [9.17, 15) is 14.4 Å². The van der Waals surface area contributed by atoms with Gasteiger partial charge in [0.25, 0.3) is 0 Å². The summed E-state index contributed by atoms with van der Waals surface area (Å²) >= 11 is 6.30. The second-order valence-electron chi connectivity index (χ2n) is 9.07. The molecule has 2 aromatic carbocycles. The molecule has 0 saturated carbocycles. The van der Waals surface area contributed by atoms with Gasteiger partial charge in [-0.05, 0) is 57.0 Å². The molecule has 0 radical (unpaired) electrons. The van der Waals surface area contributed by atoms with Crippen LogP contribution in [-0.4, -0.2) is 35.2 Å². The summed E-state index contributed by atoms with van der Waals surface area (Å²) in [5.74, 6) is -2.00. The predicted octanol–water partition coefficient (Wildman–Crippen LogP) is 3.39. The van der Waals surface area contributed by atoms with E-state index < -0.39 is 17.4 Å². The Morgan fingerprint density at radius 2 is 1.90 bits per heavy atom. The monoisotopic (exact) mass is 435 g/mol. The molecular weight excluding hydrogens is 414 g/mol. The molecule has 4 aliphatic heterocycles. The molecule has 4 heterocycles. The van der Waals surface area contributed by atoms with Crippen LogP contribution in [0, 0.1) is 25.7 Å². The first kappa shape index (κ1) is 19.0. The molecule has 158 valence electrons. The summed E-state index contributed by atoms with van der Waals surface area (Å²) in [5.41, 5.74) is 2.64. The van der Waals surface area contributed by atoms with E-state index in [-0.39, 0.29) is 23.8 Å². The molecule has 6 rings (SSSR count). The van der Waals surface area contributed by atoms with Gasteiger partial charge in [0.15, 0.2) is 0 Å². The highest BCUT2D eigenvalue weighted by Gasteiger charge is 2.74. The molecule has 6 nitrogen and oxygen atoms in total. The van der Waals surface area contributed by atoms with Gasteiger partial charge in [0, 0.05) is 22.3 Å². The number of aryl methyl sites for hydroxylation is 1. The molecule has 4 aliphatic rings. The number of halogens is 1. The molecule has 0 aliphatic carbocycles. The largest absolute Gasteiger partial charge is 0.324 e. The zero-order valence-corrected chi connectivity index (χ0v) is 18.1. The molecule has 0 unspecified atom stereocenters. The van der Waals surface area contributed by atoms with Gasteiger partial charge in [0.05, 0.1) is 17.5 Å². The molecule has 31 heavy (non-hydrogen) atoms. The van der Waals surface area contributed by atoms with Crippen molar-refractivity contribution < 1.29 is 14.4 Å². The van der Waals surface area contributed by atoms with Crippen molar-refractivity contribution in [3.8, 4) is 0 Å². The molecule has 3 fully saturated rings. The van der Waals surface area contributed by atoms with E-state index in [4.69, 9.17) is 11.6 Å². The lowest BCUT2D eigenvalue weighted by Crippen LogP contribution is -2.54. The van der Waals surface area contributed by atoms with Crippen LogP contribution in [0.15, 0.2) is 36.4 Å². The van der Waals surface area contributed by atoms with E-state index in [1.54, 1.807) is 18.2 Å². The summed E-state index contributed by atoms with van der Waals surface area (Å²) in [4.78, 5) is 44.7. The molecule has 3 saturated heterocycles. The normalized spacial score (nSPS) is 31.4. The SMILES string of the molecule is Cc1ccc2c(c1)[C@]1(C(=O)N2)[C@@H]2C(=O)N(c3cccc(Cl)c3C)C(=O)[C@H]2[C@@H]2CCCN21. The number of amides is 3. The third-order valence-electron chi connectivity index (χ3n) is 7.63. The number of anilines is 2. The van der Waals surface area contributed by atoms with E-state index in [0.717, 1.165) is 29.7 Å². The second kappa shape index (κ2) is 6.17. The summed E-state index contributed by atoms with van der Waals surface area (Å²) in [6.45, 7) is 4.49. The van der Waals surface area contributed by atoms with Gasteiger partial charge in [0.1, 0.15) is 5.54 Å². The Hall–Kier alpha value is -2.70. The van der Waals surface area contributed by atoms with Gasteiger partial charge in [-0.3, -0.25) is 19.3 Å². The number of hydrogen-bond donors (Lipinski definition) is 1. The first-order valence-corrected chi connectivity index (χ1v) is 11.1. The molecule has 4 atom stereocenters. The highest BCUT2D eigenvalue weighted by Crippen LogP contribution is 2.60. The van der Waals surface area contributed by atoms with E-state index in [0.29, 0.717) is 22.8 Å². The van der Waals surface area contributed by atoms with Crippen molar-refractivity contribution in [1.82, 2.24) is 4.90 Å². The lowest BCUT2D eigenvalue weighted by Gasteiger charge is -2.37. The summed E-state index contributed by atoms with van der Waals surface area (Å²) in [6.07, 6.45) is 1.71. The Bertz CT molecular complexity index is 1190. The van der Waals surface area contributed by atoms with Gasteiger partial charge < -0.3 is 5.32 Å². The van der Waals surface area contributed by atoms with Crippen LogP contribution >= 0.6 is 11.6 Å². The van der Waals surface area contributed by atoms with E-state index >= 15 is 0 Å². The van der Waals surface area contributed by atoms with E-state index in [1.807, 2.05) is 32.0 Å². The molecule has 3 amide bonds. The first-order valence-electron chi connectivity index (χ1n) is 10.7. The van der Waals surface area contributed by atoms with Gasteiger partial charge in [-0.15, -0.1) is 0 Å². The Labute approximate surface area is 185 Å². The van der Waals surface area contributed by atoms with Crippen LogP contribution < -0.4 is 10.2 Å². The lowest BCUT2D eigenvalue weighted by molar-refractivity contribution is -0.135. The van der Waals surface area contributed by atoms with Crippen LogP contribution in [0.4, 0.5) is 11.4 Å². The van der Waals surface area contributed by atoms with Crippen LogP contribution in [0.25, 0.3) is 0 Å². The minimum Gasteiger partial charge on any atom is -0.324 e. The Kier molecular flexibility index (Phi) is 3.79. The Morgan fingerprint density at radius 1 is 1.10 bits per heavy atom. The summed E-state index contributed by atoms with van der Waals surface area (Å²) in [6, 6.07) is 11.0. The van der Waals surface area contributed by atoms with E-state index in [2.05, 4.69) is 10.2 Å². The number of benzene rings is 2. The molecule has 1 N–H and O–H groups in total. The maximum Gasteiger partial charge on any atom is 0.250 e. The minimum atomic E-state index is -1.14. The molecule has 0 bridgehead atoms. The molecular formula is C24H22ClN3O3. The number of nitrogens with zero attached hydrogens (tertiary/aromatic N) is 2. The van der Waals surface area contributed by atoms with Crippen LogP contribution in [-0.2, 0) is 19.9 Å². The van der Waals surface area contributed by atoms with Gasteiger partial charge in [-0.2, -0.15) is 0 Å². The molecule has 7 heteroatoms. The van der Waals surface area contributed by atoms with Crippen molar-refractivity contribution >= 4 is 40.7 Å². The zero-order chi connectivity index (χ0) is 21.7. The average Bonchev–Trinajstić information content (AvgIpc) is 3.43. The van der Waals surface area contributed by atoms with Gasteiger partial charge in [0.2, 0.25) is 17.7 Å². The number of fused-ring (bicyclic) bond motifs is 7. The summed E-state index contributed by atoms with van der Waals surface area (Å²) < 4.78 is 0. The van der Waals surface area contributed by atoms with Gasteiger partial charge in [-0.1, -0.05) is 35.4 Å². The first-order chi connectivity index (χ1) is 14.9. The zero-order valence-electron chi connectivity index (χ0n) is 17.3. The smallest absolute Gasteiger partial charge is 0.250 e. The molecule has 0 aromatic heterocycles. The van der Waals surface area contributed by atoms with Crippen LogP contribution in [0.5, 0.6) is 0 Å². The second-order valence-corrected chi connectivity index (χ2v) is 9.48. The topological polar surface area (TPSA) is 69.7 Å². The van der Waals surface area contributed by atoms with Crippen LogP contribution in [0.3, 0.4) is 0 Å². The van der Waals surface area contributed by atoms with E-state index in [1.165, 1.54) is 4.90 Å². The number of nitrogens with one attached hydrogen (secondary N) is 1. The maximum absolute atomic E-state index is 13.9. The summed E-state index contributed by atoms with van der Waals surface area (Å²) in [5, 5.41) is 3.52. The quantitative estimate of drug-likeness (QED) is 0.697. The highest BCUT2D eigenvalue weighted by molar-refractivity contribution is 6.32. The number of carbonyl (C=O) groups is 3. The molecule has 1 spiro atoms. The van der Waals surface area contributed by atoms with Crippen LogP contribution in [0.2, 0.25) is 5.02 Å². The average molecular weight is 436 g/mol. The Balaban J connectivity index is 1.58. The minimum absolute atomic E-state index is 0.122. The van der Waals surface area contributed by atoms with Crippen molar-refractivity contribution in [3.05, 3.63) is 58.1 Å². The predicted molar refractivity (Wildman–Crippen MR) is 117 cm³/mol. The molecule has 2 aromatic rings. The van der Waals surface area contributed by atoms with Crippen molar-refractivity contribution in [2.75, 3.05) is 16.8 Å². The number of carbonyl (C=O) groups excluding carboxylic acids is 3. The number of imide groups is 1. The lowest BCUT2D eigenvalue weighted by atomic mass is 9.75. The van der Waals surface area contributed by atoms with Gasteiger partial charge in [-0.25, -0.2) is 4.90 Å². The number of rotatable bonds is 1. The van der Waals surface area contributed by atoms with Crippen molar-refractivity contribution in [2.45, 2.75) is 38.3 Å². The maximum atomic E-state index is 13.9. The fourth-order valence-corrected chi connectivity index (χ4v) is 6.56. The Morgan fingerprint density at radius 3 is 2.71 bits per heavy atom. The fraction of sp³-hybridized carbons (Fsp3) is 0.375.